The molecule has 0 spiro atoms. The van der Waals surface area contributed by atoms with Crippen LogP contribution in [0.2, 0.25) is 0 Å². The molecule has 4 rings (SSSR count). The average molecular weight is 603 g/mol. The highest BCUT2D eigenvalue weighted by Crippen LogP contribution is 2.39. The van der Waals surface area contributed by atoms with Crippen LogP contribution in [-0.2, 0) is 26.8 Å². The molecule has 1 aliphatic carbocycles. The first-order valence-corrected chi connectivity index (χ1v) is 15.1. The Balaban J connectivity index is 1.64. The SMILES string of the molecule is C[C@](O)(c1ccc(N2CCN(S(=O)(=O)C3=CC=CCC3=S)C[C@@H]2C[S@+]([O-])c2ccc(F)cc2)cc1)C(F)(F)F. The number of rotatable bonds is 7. The Bertz CT molecular complexity index is 1380. The summed E-state index contributed by atoms with van der Waals surface area (Å²) in [5.74, 6) is -0.517. The Morgan fingerprint density at radius 3 is 2.33 bits per heavy atom. The number of nitrogens with zero attached hydrogens (tertiary/aromatic N) is 2. The van der Waals surface area contributed by atoms with Crippen LogP contribution in [0.15, 0.2) is 76.6 Å². The van der Waals surface area contributed by atoms with E-state index in [2.05, 4.69) is 0 Å². The van der Waals surface area contributed by atoms with E-state index in [0.717, 1.165) is 12.1 Å². The van der Waals surface area contributed by atoms with E-state index in [9.17, 15) is 35.6 Å². The minimum Gasteiger partial charge on any atom is -0.611 e. The molecule has 0 unspecified atom stereocenters. The molecule has 2 aliphatic rings. The second kappa shape index (κ2) is 11.3. The number of sulfonamides is 1. The molecule has 1 saturated heterocycles. The minimum absolute atomic E-state index is 0.0247. The van der Waals surface area contributed by atoms with Crippen LogP contribution in [-0.4, -0.2) is 64.9 Å². The highest BCUT2D eigenvalue weighted by molar-refractivity contribution is 7.96. The van der Waals surface area contributed by atoms with Gasteiger partial charge in [-0.05, 0) is 66.1 Å². The van der Waals surface area contributed by atoms with Crippen molar-refractivity contribution in [2.75, 3.05) is 30.3 Å². The van der Waals surface area contributed by atoms with Gasteiger partial charge < -0.3 is 14.6 Å². The number of thiocarbonyl (C=S) groups is 1. The van der Waals surface area contributed by atoms with Gasteiger partial charge in [-0.1, -0.05) is 36.5 Å². The summed E-state index contributed by atoms with van der Waals surface area (Å²) in [5, 5.41) is 10.0. The molecule has 2 aromatic carbocycles. The first-order chi connectivity index (χ1) is 18.2. The Hall–Kier alpha value is -2.29. The summed E-state index contributed by atoms with van der Waals surface area (Å²) in [6, 6.07) is 9.65. The normalized spacial score (nSPS) is 21.4. The molecule has 0 bridgehead atoms. The third-order valence-electron chi connectivity index (χ3n) is 6.76. The molecule has 210 valence electrons. The fourth-order valence-corrected chi connectivity index (χ4v) is 7.76. The summed E-state index contributed by atoms with van der Waals surface area (Å²) in [6.45, 7) is 0.837. The predicted octanol–water partition coefficient (Wildman–Crippen LogP) is 4.44. The summed E-state index contributed by atoms with van der Waals surface area (Å²) in [7, 11) is -3.95. The second-order valence-corrected chi connectivity index (χ2v) is 13.3. The van der Waals surface area contributed by atoms with E-state index < -0.39 is 44.8 Å². The molecule has 0 radical (unpaired) electrons. The van der Waals surface area contributed by atoms with Crippen LogP contribution >= 0.6 is 12.2 Å². The van der Waals surface area contributed by atoms with Crippen molar-refractivity contribution in [2.45, 2.75) is 36.1 Å². The summed E-state index contributed by atoms with van der Waals surface area (Å²) < 4.78 is 94.7. The highest BCUT2D eigenvalue weighted by atomic mass is 32.2. The van der Waals surface area contributed by atoms with Crippen molar-refractivity contribution >= 4 is 44.0 Å². The van der Waals surface area contributed by atoms with Gasteiger partial charge in [0.15, 0.2) is 10.5 Å². The number of alkyl halides is 3. The first-order valence-electron chi connectivity index (χ1n) is 11.9. The molecule has 6 nitrogen and oxygen atoms in total. The predicted molar refractivity (Wildman–Crippen MR) is 146 cm³/mol. The maximum atomic E-state index is 13.4. The Kier molecular flexibility index (Phi) is 8.60. The zero-order valence-corrected chi connectivity index (χ0v) is 23.2. The summed E-state index contributed by atoms with van der Waals surface area (Å²) in [5.41, 5.74) is -2.93. The molecule has 13 heteroatoms. The maximum Gasteiger partial charge on any atom is 0.421 e. The van der Waals surface area contributed by atoms with Crippen LogP contribution in [0, 0.1) is 5.82 Å². The van der Waals surface area contributed by atoms with Gasteiger partial charge in [-0.2, -0.15) is 17.5 Å². The van der Waals surface area contributed by atoms with Crippen molar-refractivity contribution in [3.05, 3.63) is 83.0 Å². The van der Waals surface area contributed by atoms with Gasteiger partial charge in [0.1, 0.15) is 11.6 Å². The number of anilines is 1. The van der Waals surface area contributed by atoms with Gasteiger partial charge in [0.2, 0.25) is 10.0 Å². The van der Waals surface area contributed by atoms with E-state index in [0.29, 0.717) is 28.8 Å². The van der Waals surface area contributed by atoms with Crippen molar-refractivity contribution in [1.29, 1.82) is 0 Å². The summed E-state index contributed by atoms with van der Waals surface area (Å²) in [4.78, 5) is 2.46. The molecule has 0 amide bonds. The van der Waals surface area contributed by atoms with E-state index in [-0.39, 0.29) is 35.9 Å². The van der Waals surface area contributed by atoms with Crippen molar-refractivity contribution in [2.24, 2.45) is 0 Å². The van der Waals surface area contributed by atoms with E-state index in [1.54, 1.807) is 17.1 Å². The standard InChI is InChI=1S/C26H26F4N2O4S3/c1-25(33,26(28,29)30)18-6-10-20(11-7-18)32-15-14-31(39(35,36)24-5-3-2-4-23(24)37)16-21(32)17-38(34)22-12-8-19(27)9-13-22/h2-3,5-13,21,33H,4,14-17H2,1H3/t21-,25+,38+/m1/s1. The topological polar surface area (TPSA) is 83.9 Å². The fourth-order valence-electron chi connectivity index (χ4n) is 4.42. The van der Waals surface area contributed by atoms with Crippen molar-refractivity contribution in [1.82, 2.24) is 4.31 Å². The average Bonchev–Trinajstić information content (AvgIpc) is 2.88. The van der Waals surface area contributed by atoms with Crippen LogP contribution in [0.5, 0.6) is 0 Å². The van der Waals surface area contributed by atoms with Gasteiger partial charge in [0.25, 0.3) is 0 Å². The van der Waals surface area contributed by atoms with E-state index in [4.69, 9.17) is 12.2 Å². The lowest BCUT2D eigenvalue weighted by molar-refractivity contribution is -0.258. The molecule has 39 heavy (non-hydrogen) atoms. The zero-order chi connectivity index (χ0) is 28.6. The van der Waals surface area contributed by atoms with Crippen LogP contribution in [0.4, 0.5) is 23.2 Å². The smallest absolute Gasteiger partial charge is 0.421 e. The van der Waals surface area contributed by atoms with E-state index >= 15 is 0 Å². The lowest BCUT2D eigenvalue weighted by Gasteiger charge is -2.42. The molecule has 1 aliphatic heterocycles. The van der Waals surface area contributed by atoms with Crippen LogP contribution in [0.25, 0.3) is 0 Å². The third kappa shape index (κ3) is 6.23. The molecule has 1 heterocycles. The van der Waals surface area contributed by atoms with Crippen LogP contribution in [0.3, 0.4) is 0 Å². The summed E-state index contributed by atoms with van der Waals surface area (Å²) in [6.07, 6.45) is 0.273. The Morgan fingerprint density at radius 1 is 1.10 bits per heavy atom. The lowest BCUT2D eigenvalue weighted by Crippen LogP contribution is -2.57. The molecule has 1 fully saturated rings. The number of hydrogen-bond acceptors (Lipinski definition) is 6. The molecule has 3 atom stereocenters. The van der Waals surface area contributed by atoms with Gasteiger partial charge in [-0.15, -0.1) is 0 Å². The molecule has 0 aromatic heterocycles. The first kappa shape index (κ1) is 29.7. The van der Waals surface area contributed by atoms with Gasteiger partial charge in [0, 0.05) is 36.6 Å². The fraction of sp³-hybridized carbons (Fsp3) is 0.346. The molecular formula is C26H26F4N2O4S3. The number of piperazine rings is 1. The van der Waals surface area contributed by atoms with Crippen LogP contribution in [0.1, 0.15) is 18.9 Å². The van der Waals surface area contributed by atoms with E-state index in [1.807, 2.05) is 0 Å². The monoisotopic (exact) mass is 602 g/mol. The Morgan fingerprint density at radius 2 is 1.74 bits per heavy atom. The van der Waals surface area contributed by atoms with Crippen LogP contribution < -0.4 is 4.90 Å². The van der Waals surface area contributed by atoms with Gasteiger partial charge >= 0.3 is 6.18 Å². The number of allylic oxidation sites excluding steroid dienone is 4. The number of halogens is 4. The maximum absolute atomic E-state index is 13.4. The highest BCUT2D eigenvalue weighted by Gasteiger charge is 2.51. The number of benzene rings is 2. The minimum atomic E-state index is -4.88. The Labute approximate surface area is 232 Å². The van der Waals surface area contributed by atoms with Crippen molar-refractivity contribution in [3.63, 3.8) is 0 Å². The number of aliphatic hydroxyl groups is 1. The van der Waals surface area contributed by atoms with Gasteiger partial charge in [-0.3, -0.25) is 0 Å². The molecule has 0 saturated carbocycles. The summed E-state index contributed by atoms with van der Waals surface area (Å²) >= 11 is 3.63. The van der Waals surface area contributed by atoms with Crippen molar-refractivity contribution < 1.29 is 35.6 Å². The van der Waals surface area contributed by atoms with Gasteiger partial charge in [0.05, 0.1) is 10.9 Å². The molecular weight excluding hydrogens is 576 g/mol. The molecule has 1 N–H and O–H groups in total. The van der Waals surface area contributed by atoms with E-state index in [1.165, 1.54) is 46.8 Å². The molecule has 2 aromatic rings. The zero-order valence-electron chi connectivity index (χ0n) is 20.8. The third-order valence-corrected chi connectivity index (χ3v) is 10.7. The van der Waals surface area contributed by atoms with Gasteiger partial charge in [-0.25, -0.2) is 12.8 Å². The van der Waals surface area contributed by atoms with Crippen molar-refractivity contribution in [3.8, 4) is 0 Å². The second-order valence-electron chi connectivity index (χ2n) is 9.38. The quantitative estimate of drug-likeness (QED) is 0.287. The number of hydrogen-bond donors (Lipinski definition) is 1. The largest absolute Gasteiger partial charge is 0.611 e. The lowest BCUT2D eigenvalue weighted by atomic mass is 9.95.